The standard InChI is InChI=1S/C13H16N2O5S/c14-11(16)5-8-15-21(19,20)10-3-1-9(2-4-10)13(6-7-13)12(17)18/h1-4,15H,5-8H2,(H2,14,16)(H,17,18). The highest BCUT2D eigenvalue weighted by atomic mass is 32.2. The first kappa shape index (κ1) is 15.5. The molecule has 114 valence electrons. The fourth-order valence-electron chi connectivity index (χ4n) is 2.10. The van der Waals surface area contributed by atoms with E-state index in [2.05, 4.69) is 4.72 Å². The minimum atomic E-state index is -3.72. The molecule has 0 heterocycles. The van der Waals surface area contributed by atoms with Gasteiger partial charge < -0.3 is 10.8 Å². The minimum absolute atomic E-state index is 0.0249. The molecule has 8 heteroatoms. The Hall–Kier alpha value is -1.93. The topological polar surface area (TPSA) is 127 Å². The molecule has 0 aromatic heterocycles. The number of rotatable bonds is 7. The van der Waals surface area contributed by atoms with Crippen LogP contribution in [-0.2, 0) is 25.0 Å². The monoisotopic (exact) mass is 312 g/mol. The first-order valence-electron chi connectivity index (χ1n) is 6.40. The number of benzene rings is 1. The zero-order valence-corrected chi connectivity index (χ0v) is 12.0. The Bertz CT molecular complexity index is 662. The predicted molar refractivity (Wildman–Crippen MR) is 74.0 cm³/mol. The van der Waals surface area contributed by atoms with E-state index < -0.39 is 27.3 Å². The van der Waals surface area contributed by atoms with Gasteiger partial charge in [0, 0.05) is 13.0 Å². The van der Waals surface area contributed by atoms with Crippen LogP contribution in [0.2, 0.25) is 0 Å². The van der Waals surface area contributed by atoms with E-state index in [4.69, 9.17) is 5.73 Å². The molecule has 2 rings (SSSR count). The molecule has 0 saturated heterocycles. The summed E-state index contributed by atoms with van der Waals surface area (Å²) in [5.74, 6) is -1.48. The van der Waals surface area contributed by atoms with Gasteiger partial charge in [-0.15, -0.1) is 0 Å². The first-order valence-corrected chi connectivity index (χ1v) is 7.88. The molecule has 1 aliphatic carbocycles. The molecule has 1 aliphatic rings. The number of carbonyl (C=O) groups excluding carboxylic acids is 1. The Morgan fingerprint density at radius 1 is 1.24 bits per heavy atom. The molecule has 1 saturated carbocycles. The van der Waals surface area contributed by atoms with Crippen LogP contribution < -0.4 is 10.5 Å². The van der Waals surface area contributed by atoms with Crippen molar-refractivity contribution in [3.8, 4) is 0 Å². The van der Waals surface area contributed by atoms with E-state index in [1.165, 1.54) is 24.3 Å². The van der Waals surface area contributed by atoms with Crippen LogP contribution in [0.4, 0.5) is 0 Å². The summed E-state index contributed by atoms with van der Waals surface area (Å²) < 4.78 is 26.1. The van der Waals surface area contributed by atoms with Gasteiger partial charge >= 0.3 is 5.97 Å². The summed E-state index contributed by atoms with van der Waals surface area (Å²) in [5.41, 5.74) is 4.68. The number of nitrogens with one attached hydrogen (secondary N) is 1. The molecule has 1 aromatic carbocycles. The van der Waals surface area contributed by atoms with Gasteiger partial charge in [0.25, 0.3) is 0 Å². The van der Waals surface area contributed by atoms with Crippen molar-refractivity contribution < 1.29 is 23.1 Å². The van der Waals surface area contributed by atoms with Crippen LogP contribution in [0.25, 0.3) is 0 Å². The SMILES string of the molecule is NC(=O)CCNS(=O)(=O)c1ccc(C2(C(=O)O)CC2)cc1. The summed E-state index contributed by atoms with van der Waals surface area (Å²) >= 11 is 0. The summed E-state index contributed by atoms with van der Waals surface area (Å²) in [6, 6.07) is 5.77. The fourth-order valence-corrected chi connectivity index (χ4v) is 3.13. The summed E-state index contributed by atoms with van der Waals surface area (Å²) in [6.45, 7) is -0.0710. The number of nitrogens with two attached hydrogens (primary N) is 1. The molecule has 0 atom stereocenters. The van der Waals surface area contributed by atoms with Crippen molar-refractivity contribution in [2.24, 2.45) is 5.73 Å². The molecule has 0 unspecified atom stereocenters. The summed E-state index contributed by atoms with van der Waals surface area (Å²) in [7, 11) is -3.72. The maximum absolute atomic E-state index is 11.9. The molecule has 1 amide bonds. The predicted octanol–water partition coefficient (Wildman–Crippen LogP) is -0.0435. The lowest BCUT2D eigenvalue weighted by Crippen LogP contribution is -2.28. The summed E-state index contributed by atoms with van der Waals surface area (Å²) in [5, 5.41) is 9.18. The van der Waals surface area contributed by atoms with Gasteiger partial charge in [-0.3, -0.25) is 9.59 Å². The quantitative estimate of drug-likeness (QED) is 0.651. The lowest BCUT2D eigenvalue weighted by atomic mass is 9.96. The lowest BCUT2D eigenvalue weighted by Gasteiger charge is -2.11. The van der Waals surface area contributed by atoms with Gasteiger partial charge in [0.1, 0.15) is 0 Å². The minimum Gasteiger partial charge on any atom is -0.481 e. The molecule has 21 heavy (non-hydrogen) atoms. The van der Waals surface area contributed by atoms with Crippen molar-refractivity contribution in [2.45, 2.75) is 29.6 Å². The molecule has 1 aromatic rings. The third-order valence-corrected chi connectivity index (χ3v) is 5.02. The number of hydrogen-bond donors (Lipinski definition) is 3. The van der Waals surface area contributed by atoms with E-state index in [1.54, 1.807) is 0 Å². The second-order valence-corrected chi connectivity index (χ2v) is 6.79. The fraction of sp³-hybridized carbons (Fsp3) is 0.385. The average Bonchev–Trinajstić information content (AvgIpc) is 3.19. The maximum atomic E-state index is 11.9. The normalized spacial score (nSPS) is 16.4. The molecule has 4 N–H and O–H groups in total. The van der Waals surface area contributed by atoms with E-state index in [0.29, 0.717) is 18.4 Å². The lowest BCUT2D eigenvalue weighted by molar-refractivity contribution is -0.140. The van der Waals surface area contributed by atoms with Gasteiger partial charge in [-0.05, 0) is 30.5 Å². The smallest absolute Gasteiger partial charge is 0.314 e. The number of carbonyl (C=O) groups is 2. The van der Waals surface area contributed by atoms with Gasteiger partial charge in [0.2, 0.25) is 15.9 Å². The van der Waals surface area contributed by atoms with Crippen molar-refractivity contribution in [1.82, 2.24) is 4.72 Å². The third-order valence-electron chi connectivity index (χ3n) is 3.54. The maximum Gasteiger partial charge on any atom is 0.314 e. The number of sulfonamides is 1. The molecule has 0 spiro atoms. The van der Waals surface area contributed by atoms with Crippen LogP contribution >= 0.6 is 0 Å². The Morgan fingerprint density at radius 3 is 2.24 bits per heavy atom. The second kappa shape index (κ2) is 5.45. The van der Waals surface area contributed by atoms with E-state index >= 15 is 0 Å². The highest BCUT2D eigenvalue weighted by molar-refractivity contribution is 7.89. The van der Waals surface area contributed by atoms with Crippen LogP contribution in [0.15, 0.2) is 29.2 Å². The molecular formula is C13H16N2O5S. The van der Waals surface area contributed by atoms with Crippen LogP contribution in [0, 0.1) is 0 Å². The molecule has 1 fully saturated rings. The number of carboxylic acids is 1. The van der Waals surface area contributed by atoms with Crippen molar-refractivity contribution in [2.75, 3.05) is 6.54 Å². The molecule has 0 bridgehead atoms. The zero-order valence-electron chi connectivity index (χ0n) is 11.2. The Labute approximate surface area is 122 Å². The van der Waals surface area contributed by atoms with E-state index in [0.717, 1.165) is 0 Å². The van der Waals surface area contributed by atoms with Gasteiger partial charge in [-0.2, -0.15) is 0 Å². The van der Waals surface area contributed by atoms with Crippen LogP contribution in [0.5, 0.6) is 0 Å². The second-order valence-electron chi connectivity index (χ2n) is 5.03. The highest BCUT2D eigenvalue weighted by Crippen LogP contribution is 2.48. The highest BCUT2D eigenvalue weighted by Gasteiger charge is 2.51. The molecular weight excluding hydrogens is 296 g/mol. The van der Waals surface area contributed by atoms with Gasteiger partial charge in [-0.25, -0.2) is 13.1 Å². The molecule has 0 aliphatic heterocycles. The first-order chi connectivity index (χ1) is 9.78. The zero-order chi connectivity index (χ0) is 15.7. The van der Waals surface area contributed by atoms with Crippen LogP contribution in [0.1, 0.15) is 24.8 Å². The van der Waals surface area contributed by atoms with Crippen molar-refractivity contribution in [3.05, 3.63) is 29.8 Å². The number of carboxylic acid groups (broad SMARTS) is 1. The average molecular weight is 312 g/mol. The summed E-state index contributed by atoms with van der Waals surface area (Å²) in [6.07, 6.45) is 1.04. The van der Waals surface area contributed by atoms with E-state index in [-0.39, 0.29) is 17.9 Å². The Morgan fingerprint density at radius 2 is 1.81 bits per heavy atom. The Kier molecular flexibility index (Phi) is 4.02. The van der Waals surface area contributed by atoms with Gasteiger partial charge in [0.05, 0.1) is 10.3 Å². The number of hydrogen-bond acceptors (Lipinski definition) is 4. The van der Waals surface area contributed by atoms with Gasteiger partial charge in [0.15, 0.2) is 0 Å². The number of primary amides is 1. The Balaban J connectivity index is 2.12. The third kappa shape index (κ3) is 3.22. The van der Waals surface area contributed by atoms with Crippen LogP contribution in [0.3, 0.4) is 0 Å². The molecule has 0 radical (unpaired) electrons. The van der Waals surface area contributed by atoms with Crippen molar-refractivity contribution in [3.63, 3.8) is 0 Å². The number of aliphatic carboxylic acids is 1. The van der Waals surface area contributed by atoms with Crippen molar-refractivity contribution in [1.29, 1.82) is 0 Å². The number of amides is 1. The molecule has 7 nitrogen and oxygen atoms in total. The van der Waals surface area contributed by atoms with Crippen molar-refractivity contribution >= 4 is 21.9 Å². The summed E-state index contributed by atoms with van der Waals surface area (Å²) in [4.78, 5) is 21.8. The largest absolute Gasteiger partial charge is 0.481 e. The van der Waals surface area contributed by atoms with Gasteiger partial charge in [-0.1, -0.05) is 12.1 Å². The van der Waals surface area contributed by atoms with Crippen LogP contribution in [-0.4, -0.2) is 31.9 Å². The van der Waals surface area contributed by atoms with E-state index in [9.17, 15) is 23.1 Å². The van der Waals surface area contributed by atoms with E-state index in [1.807, 2.05) is 0 Å².